The molecule has 3 aromatic rings. The van der Waals surface area contributed by atoms with E-state index in [1.807, 2.05) is 0 Å². The van der Waals surface area contributed by atoms with Crippen molar-refractivity contribution < 1.29 is 22.4 Å². The fraction of sp³-hybridized carbons (Fsp3) is 0.312. The third-order valence-electron chi connectivity index (χ3n) is 4.23. The number of nitrogens with zero attached hydrogens (tertiary/aromatic N) is 2. The number of carbonyl (C=O) groups is 1. The molecule has 0 unspecified atom stereocenters. The topological polar surface area (TPSA) is 94.0 Å². The summed E-state index contributed by atoms with van der Waals surface area (Å²) < 4.78 is 46.2. The molecule has 0 saturated carbocycles. The zero-order valence-electron chi connectivity index (χ0n) is 13.5. The van der Waals surface area contributed by atoms with E-state index >= 15 is 0 Å². The summed E-state index contributed by atoms with van der Waals surface area (Å²) in [5, 5.41) is 2.20. The van der Waals surface area contributed by atoms with Gasteiger partial charge in [0.25, 0.3) is 5.91 Å². The molecule has 136 valence electrons. The zero-order valence-corrected chi connectivity index (χ0v) is 14.3. The molecule has 3 aromatic heterocycles. The van der Waals surface area contributed by atoms with E-state index in [0.29, 0.717) is 30.7 Å². The summed E-state index contributed by atoms with van der Waals surface area (Å²) >= 11 is 0.837. The van der Waals surface area contributed by atoms with Crippen molar-refractivity contribution >= 4 is 39.2 Å². The second-order valence-electron chi connectivity index (χ2n) is 6.04. The molecule has 1 amide bonds. The maximum absolute atomic E-state index is 13.7. The number of amides is 1. The van der Waals surface area contributed by atoms with Crippen LogP contribution in [0.5, 0.6) is 0 Å². The Bertz CT molecular complexity index is 1040. The first kappa shape index (κ1) is 16.8. The molecule has 0 saturated heterocycles. The second-order valence-corrected chi connectivity index (χ2v) is 7.04. The van der Waals surface area contributed by atoms with Crippen LogP contribution < -0.4 is 11.1 Å². The highest BCUT2D eigenvalue weighted by Crippen LogP contribution is 2.46. The number of nitrogen functional groups attached to an aromatic ring is 1. The summed E-state index contributed by atoms with van der Waals surface area (Å²) in [5.74, 6) is -0.680. The van der Waals surface area contributed by atoms with Crippen LogP contribution in [-0.2, 0) is 19.0 Å². The number of carbonyl (C=O) groups excluding carboxylic acids is 1. The third kappa shape index (κ3) is 2.61. The van der Waals surface area contributed by atoms with E-state index in [-0.39, 0.29) is 32.4 Å². The van der Waals surface area contributed by atoms with E-state index in [1.54, 1.807) is 6.92 Å². The smallest absolute Gasteiger partial charge is 0.417 e. The van der Waals surface area contributed by atoms with Crippen LogP contribution >= 0.6 is 11.3 Å². The van der Waals surface area contributed by atoms with E-state index in [2.05, 4.69) is 15.3 Å². The van der Waals surface area contributed by atoms with E-state index in [0.717, 1.165) is 11.3 Å². The predicted octanol–water partition coefficient (Wildman–Crippen LogP) is 3.93. The highest BCUT2D eigenvalue weighted by Gasteiger charge is 2.40. The van der Waals surface area contributed by atoms with Gasteiger partial charge in [-0.15, -0.1) is 11.3 Å². The normalized spacial score (nSPS) is 14.0. The summed E-state index contributed by atoms with van der Waals surface area (Å²) in [6.07, 6.45) is -1.81. The summed E-state index contributed by atoms with van der Waals surface area (Å²) in [6.45, 7) is 1.67. The maximum atomic E-state index is 13.7. The number of hydrogen-bond acceptors (Lipinski definition) is 6. The Hall–Kier alpha value is -2.62. The molecular formula is C16H13F3N4O2S. The third-order valence-corrected chi connectivity index (χ3v) is 5.33. The van der Waals surface area contributed by atoms with Crippen LogP contribution in [0.2, 0.25) is 0 Å². The van der Waals surface area contributed by atoms with Gasteiger partial charge in [0.1, 0.15) is 16.0 Å². The van der Waals surface area contributed by atoms with Crippen molar-refractivity contribution in [1.82, 2.24) is 9.97 Å². The number of aryl methyl sites for hydroxylation is 2. The van der Waals surface area contributed by atoms with Crippen LogP contribution in [-0.4, -0.2) is 15.9 Å². The molecule has 0 spiro atoms. The zero-order chi connectivity index (χ0) is 18.6. The lowest BCUT2D eigenvalue weighted by Crippen LogP contribution is -2.13. The molecule has 1 aliphatic carbocycles. The standard InChI is InChI=1S/C16H13F3N4O2S/c1-6-5-25-15(21-6)23-13(24)12-11(20)9-10(16(17,18)19)7-3-2-4-8(7)22-14(9)26-12/h5H,2-4,20H2,1H3,(H,21,23,24). The number of halogens is 3. The first-order valence-corrected chi connectivity index (χ1v) is 8.61. The quantitative estimate of drug-likeness (QED) is 0.700. The number of fused-ring (bicyclic) bond motifs is 2. The van der Waals surface area contributed by atoms with Crippen molar-refractivity contribution in [3.05, 3.63) is 33.7 Å². The molecule has 10 heteroatoms. The molecule has 0 radical (unpaired) electrons. The predicted molar refractivity (Wildman–Crippen MR) is 90.3 cm³/mol. The number of anilines is 2. The number of pyridine rings is 1. The summed E-state index contributed by atoms with van der Waals surface area (Å²) in [7, 11) is 0. The van der Waals surface area contributed by atoms with Crippen LogP contribution in [0.3, 0.4) is 0 Å². The van der Waals surface area contributed by atoms with Crippen molar-refractivity contribution in [2.45, 2.75) is 32.4 Å². The van der Waals surface area contributed by atoms with Crippen molar-refractivity contribution in [3.63, 3.8) is 0 Å². The molecular weight excluding hydrogens is 369 g/mol. The van der Waals surface area contributed by atoms with E-state index in [9.17, 15) is 18.0 Å². The van der Waals surface area contributed by atoms with Crippen LogP contribution in [0, 0.1) is 6.92 Å². The number of alkyl halides is 3. The molecule has 0 fully saturated rings. The monoisotopic (exact) mass is 382 g/mol. The minimum atomic E-state index is -4.57. The molecule has 3 heterocycles. The summed E-state index contributed by atoms with van der Waals surface area (Å²) in [6, 6.07) is -0.0455. The largest absolute Gasteiger partial charge is 0.432 e. The van der Waals surface area contributed by atoms with Gasteiger partial charge in [0.2, 0.25) is 0 Å². The summed E-state index contributed by atoms with van der Waals surface area (Å²) in [4.78, 5) is 20.8. The van der Waals surface area contributed by atoms with Gasteiger partial charge in [-0.3, -0.25) is 10.1 Å². The maximum Gasteiger partial charge on any atom is 0.417 e. The van der Waals surface area contributed by atoms with Crippen LogP contribution in [0.25, 0.3) is 10.2 Å². The Kier molecular flexibility index (Phi) is 3.69. The van der Waals surface area contributed by atoms with Crippen molar-refractivity contribution in [2.24, 2.45) is 0 Å². The highest BCUT2D eigenvalue weighted by atomic mass is 32.1. The lowest BCUT2D eigenvalue weighted by molar-refractivity contribution is -0.136. The number of nitrogens with two attached hydrogens (primary N) is 1. The van der Waals surface area contributed by atoms with Crippen LogP contribution in [0.1, 0.15) is 38.6 Å². The van der Waals surface area contributed by atoms with E-state index in [1.165, 1.54) is 6.26 Å². The molecule has 0 atom stereocenters. The highest BCUT2D eigenvalue weighted by molar-refractivity contribution is 7.21. The van der Waals surface area contributed by atoms with Gasteiger partial charge in [-0.1, -0.05) is 0 Å². The molecule has 0 aromatic carbocycles. The number of nitrogens with one attached hydrogen (secondary N) is 1. The Balaban J connectivity index is 1.86. The lowest BCUT2D eigenvalue weighted by Gasteiger charge is -2.13. The van der Waals surface area contributed by atoms with Gasteiger partial charge in [-0.25, -0.2) is 4.98 Å². The SMILES string of the molecule is Cc1coc(NC(=O)c2sc3nc4c(c(C(F)(F)F)c3c2N)CCC4)n1. The minimum Gasteiger partial charge on any atom is -0.432 e. The van der Waals surface area contributed by atoms with Crippen molar-refractivity contribution in [1.29, 1.82) is 0 Å². The van der Waals surface area contributed by atoms with Gasteiger partial charge >= 0.3 is 12.2 Å². The van der Waals surface area contributed by atoms with Gasteiger partial charge in [-0.05, 0) is 31.7 Å². The number of rotatable bonds is 2. The molecule has 6 nitrogen and oxygen atoms in total. The Morgan fingerprint density at radius 2 is 2.12 bits per heavy atom. The fourth-order valence-corrected chi connectivity index (χ4v) is 4.21. The second kappa shape index (κ2) is 5.70. The van der Waals surface area contributed by atoms with Crippen LogP contribution in [0.15, 0.2) is 10.7 Å². The molecule has 1 aliphatic rings. The molecule has 26 heavy (non-hydrogen) atoms. The Morgan fingerprint density at radius 3 is 2.77 bits per heavy atom. The summed E-state index contributed by atoms with van der Waals surface area (Å²) in [5.41, 5.74) is 6.13. The van der Waals surface area contributed by atoms with Gasteiger partial charge in [0, 0.05) is 11.1 Å². The van der Waals surface area contributed by atoms with Crippen LogP contribution in [0.4, 0.5) is 24.9 Å². The van der Waals surface area contributed by atoms with Crippen molar-refractivity contribution in [3.8, 4) is 0 Å². The van der Waals surface area contributed by atoms with Gasteiger partial charge in [0.15, 0.2) is 0 Å². The van der Waals surface area contributed by atoms with Gasteiger partial charge in [-0.2, -0.15) is 18.2 Å². The van der Waals surface area contributed by atoms with Gasteiger partial charge < -0.3 is 10.2 Å². The average Bonchev–Trinajstić information content (AvgIpc) is 3.24. The Labute approximate surface area is 149 Å². The molecule has 0 aliphatic heterocycles. The average molecular weight is 382 g/mol. The fourth-order valence-electron chi connectivity index (χ4n) is 3.19. The van der Waals surface area contributed by atoms with E-state index < -0.39 is 17.6 Å². The number of thiophene rings is 1. The number of hydrogen-bond donors (Lipinski definition) is 2. The van der Waals surface area contributed by atoms with Crippen molar-refractivity contribution in [2.75, 3.05) is 11.1 Å². The number of aromatic nitrogens is 2. The Morgan fingerprint density at radius 1 is 1.35 bits per heavy atom. The van der Waals surface area contributed by atoms with E-state index in [4.69, 9.17) is 10.2 Å². The molecule has 4 rings (SSSR count). The first-order valence-electron chi connectivity index (χ1n) is 7.80. The molecule has 0 bridgehead atoms. The molecule has 3 N–H and O–H groups in total. The lowest BCUT2D eigenvalue weighted by atomic mass is 10.0. The first-order chi connectivity index (χ1) is 12.3. The van der Waals surface area contributed by atoms with Gasteiger partial charge in [0.05, 0.1) is 16.9 Å². The number of oxazole rings is 1. The minimum absolute atomic E-state index is 0.0440.